The number of nitrogens with two attached hydrogens (primary N) is 1. The predicted octanol–water partition coefficient (Wildman–Crippen LogP) is 3.42. The summed E-state index contributed by atoms with van der Waals surface area (Å²) in [5, 5.41) is 6.28. The number of hydrogen-bond acceptors (Lipinski definition) is 6. The SMILES string of the molecule is C[C@H](Nc1nc(N)nc(NCCc2ccccc2F)n1)c1ccccc1. The van der Waals surface area contributed by atoms with Crippen LogP contribution in [-0.2, 0) is 6.42 Å². The molecule has 7 heteroatoms. The summed E-state index contributed by atoms with van der Waals surface area (Å²) in [6, 6.07) is 16.7. The van der Waals surface area contributed by atoms with Crippen molar-refractivity contribution in [3.8, 4) is 0 Å². The van der Waals surface area contributed by atoms with Crippen molar-refractivity contribution in [2.75, 3.05) is 22.9 Å². The molecule has 0 aliphatic rings. The van der Waals surface area contributed by atoms with Crippen LogP contribution in [0.2, 0.25) is 0 Å². The summed E-state index contributed by atoms with van der Waals surface area (Å²) in [6.07, 6.45) is 0.515. The second kappa shape index (κ2) is 8.24. The third-order valence-corrected chi connectivity index (χ3v) is 3.93. The van der Waals surface area contributed by atoms with Crippen molar-refractivity contribution >= 4 is 17.8 Å². The molecule has 0 unspecified atom stereocenters. The van der Waals surface area contributed by atoms with Gasteiger partial charge in [-0.15, -0.1) is 0 Å². The molecule has 0 radical (unpaired) electrons. The Balaban J connectivity index is 1.63. The van der Waals surface area contributed by atoms with Crippen LogP contribution < -0.4 is 16.4 Å². The lowest BCUT2D eigenvalue weighted by Gasteiger charge is -2.15. The van der Waals surface area contributed by atoms with Crippen LogP contribution in [-0.4, -0.2) is 21.5 Å². The van der Waals surface area contributed by atoms with Crippen molar-refractivity contribution in [1.82, 2.24) is 15.0 Å². The number of nitrogens with one attached hydrogen (secondary N) is 2. The molecular weight excluding hydrogens is 331 g/mol. The van der Waals surface area contributed by atoms with Crippen molar-refractivity contribution in [1.29, 1.82) is 0 Å². The fraction of sp³-hybridized carbons (Fsp3) is 0.211. The molecule has 134 valence electrons. The van der Waals surface area contributed by atoms with Gasteiger partial charge in [-0.3, -0.25) is 0 Å². The zero-order chi connectivity index (χ0) is 18.4. The van der Waals surface area contributed by atoms with Crippen LogP contribution in [0.5, 0.6) is 0 Å². The Labute approximate surface area is 151 Å². The van der Waals surface area contributed by atoms with Crippen LogP contribution in [0, 0.1) is 5.82 Å². The van der Waals surface area contributed by atoms with Gasteiger partial charge in [-0.25, -0.2) is 4.39 Å². The van der Waals surface area contributed by atoms with E-state index in [1.54, 1.807) is 12.1 Å². The minimum absolute atomic E-state index is 0.0178. The summed E-state index contributed by atoms with van der Waals surface area (Å²) >= 11 is 0. The highest BCUT2D eigenvalue weighted by Gasteiger charge is 2.09. The summed E-state index contributed by atoms with van der Waals surface area (Å²) in [6.45, 7) is 2.50. The second-order valence-corrected chi connectivity index (χ2v) is 5.89. The van der Waals surface area contributed by atoms with Crippen molar-refractivity contribution in [2.24, 2.45) is 0 Å². The third kappa shape index (κ3) is 4.66. The molecular formula is C19H21FN6. The lowest BCUT2D eigenvalue weighted by Crippen LogP contribution is -2.15. The molecule has 3 aromatic rings. The molecule has 1 aromatic heterocycles. The monoisotopic (exact) mass is 352 g/mol. The van der Waals surface area contributed by atoms with E-state index in [9.17, 15) is 4.39 Å². The van der Waals surface area contributed by atoms with E-state index in [0.717, 1.165) is 5.56 Å². The van der Waals surface area contributed by atoms with Gasteiger partial charge >= 0.3 is 0 Å². The van der Waals surface area contributed by atoms with Crippen molar-refractivity contribution in [3.63, 3.8) is 0 Å². The maximum atomic E-state index is 13.6. The lowest BCUT2D eigenvalue weighted by atomic mass is 10.1. The van der Waals surface area contributed by atoms with Gasteiger partial charge in [0.2, 0.25) is 17.8 Å². The largest absolute Gasteiger partial charge is 0.368 e. The van der Waals surface area contributed by atoms with Gasteiger partial charge in [0.25, 0.3) is 0 Å². The Morgan fingerprint density at radius 1 is 0.962 bits per heavy atom. The first-order valence-corrected chi connectivity index (χ1v) is 8.42. The van der Waals surface area contributed by atoms with Crippen molar-refractivity contribution in [2.45, 2.75) is 19.4 Å². The molecule has 2 aromatic carbocycles. The molecule has 0 fully saturated rings. The first-order valence-electron chi connectivity index (χ1n) is 8.42. The number of rotatable bonds is 7. The van der Waals surface area contributed by atoms with E-state index in [-0.39, 0.29) is 17.8 Å². The minimum Gasteiger partial charge on any atom is -0.368 e. The van der Waals surface area contributed by atoms with E-state index in [1.165, 1.54) is 6.07 Å². The average Bonchev–Trinajstić information content (AvgIpc) is 2.63. The molecule has 0 aliphatic carbocycles. The van der Waals surface area contributed by atoms with Gasteiger partial charge in [-0.2, -0.15) is 15.0 Å². The molecule has 0 saturated carbocycles. The van der Waals surface area contributed by atoms with Crippen LogP contribution in [0.4, 0.5) is 22.2 Å². The highest BCUT2D eigenvalue weighted by Crippen LogP contribution is 2.17. The van der Waals surface area contributed by atoms with Gasteiger partial charge in [0.05, 0.1) is 6.04 Å². The van der Waals surface area contributed by atoms with E-state index >= 15 is 0 Å². The van der Waals surface area contributed by atoms with Gasteiger partial charge in [0, 0.05) is 6.54 Å². The minimum atomic E-state index is -0.219. The second-order valence-electron chi connectivity index (χ2n) is 5.89. The number of aromatic nitrogens is 3. The predicted molar refractivity (Wildman–Crippen MR) is 101 cm³/mol. The van der Waals surface area contributed by atoms with Crippen LogP contribution >= 0.6 is 0 Å². The van der Waals surface area contributed by atoms with Crippen LogP contribution in [0.25, 0.3) is 0 Å². The fourth-order valence-corrected chi connectivity index (χ4v) is 2.56. The van der Waals surface area contributed by atoms with E-state index in [1.807, 2.05) is 43.3 Å². The topological polar surface area (TPSA) is 88.8 Å². The van der Waals surface area contributed by atoms with Gasteiger partial charge < -0.3 is 16.4 Å². The molecule has 26 heavy (non-hydrogen) atoms. The van der Waals surface area contributed by atoms with Gasteiger partial charge in [-0.1, -0.05) is 48.5 Å². The molecule has 0 aliphatic heterocycles. The van der Waals surface area contributed by atoms with Crippen LogP contribution in [0.1, 0.15) is 24.1 Å². The normalized spacial score (nSPS) is 11.8. The zero-order valence-corrected chi connectivity index (χ0v) is 14.5. The van der Waals surface area contributed by atoms with Gasteiger partial charge in [0.15, 0.2) is 0 Å². The molecule has 0 saturated heterocycles. The molecule has 3 rings (SSSR count). The van der Waals surface area contributed by atoms with Gasteiger partial charge in [-0.05, 0) is 30.5 Å². The van der Waals surface area contributed by atoms with E-state index < -0.39 is 0 Å². The summed E-state index contributed by atoms with van der Waals surface area (Å²) < 4.78 is 13.6. The number of hydrogen-bond donors (Lipinski definition) is 3. The quantitative estimate of drug-likeness (QED) is 0.604. The summed E-state index contributed by atoms with van der Waals surface area (Å²) in [5.74, 6) is 0.651. The summed E-state index contributed by atoms with van der Waals surface area (Å²) in [7, 11) is 0. The molecule has 0 amide bonds. The summed E-state index contributed by atoms with van der Waals surface area (Å²) in [4.78, 5) is 12.5. The third-order valence-electron chi connectivity index (χ3n) is 3.93. The molecule has 1 atom stereocenters. The molecule has 4 N–H and O–H groups in total. The van der Waals surface area contributed by atoms with Crippen LogP contribution in [0.15, 0.2) is 54.6 Å². The first-order chi connectivity index (χ1) is 12.6. The Kier molecular flexibility index (Phi) is 5.58. The van der Waals surface area contributed by atoms with E-state index in [4.69, 9.17) is 5.73 Å². The highest BCUT2D eigenvalue weighted by atomic mass is 19.1. The first kappa shape index (κ1) is 17.6. The lowest BCUT2D eigenvalue weighted by molar-refractivity contribution is 0.610. The number of benzene rings is 2. The Morgan fingerprint density at radius 2 is 1.65 bits per heavy atom. The standard InChI is InChI=1S/C19H21FN6/c1-13(14-7-3-2-4-8-14)23-19-25-17(21)24-18(26-19)22-12-11-15-9-5-6-10-16(15)20/h2-10,13H,11-12H2,1H3,(H4,21,22,23,24,25,26)/t13-/m0/s1. The van der Waals surface area contributed by atoms with Gasteiger partial charge in [0.1, 0.15) is 5.82 Å². The van der Waals surface area contributed by atoms with Crippen molar-refractivity contribution in [3.05, 3.63) is 71.5 Å². The molecule has 0 spiro atoms. The van der Waals surface area contributed by atoms with E-state index in [2.05, 4.69) is 25.6 Å². The smallest absolute Gasteiger partial charge is 0.229 e. The fourth-order valence-electron chi connectivity index (χ4n) is 2.56. The Morgan fingerprint density at radius 3 is 2.42 bits per heavy atom. The maximum Gasteiger partial charge on any atom is 0.229 e. The average molecular weight is 352 g/mol. The maximum absolute atomic E-state index is 13.6. The highest BCUT2D eigenvalue weighted by molar-refractivity contribution is 5.41. The molecule has 6 nitrogen and oxygen atoms in total. The number of halogens is 1. The Bertz CT molecular complexity index is 856. The number of nitrogen functional groups attached to an aromatic ring is 1. The number of nitrogens with zero attached hydrogens (tertiary/aromatic N) is 3. The molecule has 0 bridgehead atoms. The van der Waals surface area contributed by atoms with Crippen LogP contribution in [0.3, 0.4) is 0 Å². The molecule has 1 heterocycles. The zero-order valence-electron chi connectivity index (χ0n) is 14.5. The summed E-state index contributed by atoms with van der Waals surface area (Å²) in [5.41, 5.74) is 7.53. The van der Waals surface area contributed by atoms with E-state index in [0.29, 0.717) is 30.4 Å². The number of anilines is 3. The Hall–Kier alpha value is -3.22. The van der Waals surface area contributed by atoms with Crippen molar-refractivity contribution < 1.29 is 4.39 Å².